The van der Waals surface area contributed by atoms with Gasteiger partial charge in [-0.1, -0.05) is 6.58 Å². The summed E-state index contributed by atoms with van der Waals surface area (Å²) in [6.45, 7) is 10.6. The van der Waals surface area contributed by atoms with Gasteiger partial charge >= 0.3 is 0 Å². The Balaban J connectivity index is 1.73. The van der Waals surface area contributed by atoms with E-state index in [1.807, 2.05) is 18.7 Å². The minimum absolute atomic E-state index is 0.0321. The Morgan fingerprint density at radius 1 is 1.39 bits per heavy atom. The van der Waals surface area contributed by atoms with Crippen molar-refractivity contribution in [1.82, 2.24) is 9.88 Å². The lowest BCUT2D eigenvalue weighted by molar-refractivity contribution is 0.0529. The summed E-state index contributed by atoms with van der Waals surface area (Å²) in [6.07, 6.45) is 2.81. The Hall–Kier alpha value is -2.38. The number of halogens is 1. The molecule has 4 N–H and O–H groups in total. The number of nitrogens with one attached hydrogen (secondary N) is 1. The molecule has 28 heavy (non-hydrogen) atoms. The van der Waals surface area contributed by atoms with Gasteiger partial charge in [-0.15, -0.1) is 0 Å². The summed E-state index contributed by atoms with van der Waals surface area (Å²) in [6, 6.07) is 1.25. The smallest absolute Gasteiger partial charge is 0.250 e. The Kier molecular flexibility index (Phi) is 4.47. The van der Waals surface area contributed by atoms with Crippen molar-refractivity contribution in [1.29, 1.82) is 0 Å². The standard InChI is InChI=1S/C21H27FN4O2/c1-4-16(27)25-7-5-21(10-25)6-8-26(11-21)19-15(22)9-14(20(23)28)18-17(19)12(2)13(3)24-18/h4,9,16,24,27H,1,5-8,10-11H2,2-3H3,(H2,23,28). The molecule has 0 bridgehead atoms. The van der Waals surface area contributed by atoms with Crippen LogP contribution in [0.1, 0.15) is 34.5 Å². The van der Waals surface area contributed by atoms with Crippen molar-refractivity contribution in [2.24, 2.45) is 11.1 Å². The van der Waals surface area contributed by atoms with Crippen LogP contribution in [0.15, 0.2) is 18.7 Å². The number of fused-ring (bicyclic) bond motifs is 1. The zero-order valence-corrected chi connectivity index (χ0v) is 16.4. The average molecular weight is 386 g/mol. The Morgan fingerprint density at radius 2 is 2.11 bits per heavy atom. The predicted octanol–water partition coefficient (Wildman–Crippen LogP) is 2.43. The topological polar surface area (TPSA) is 85.6 Å². The number of anilines is 1. The van der Waals surface area contributed by atoms with Crippen LogP contribution in [0.5, 0.6) is 0 Å². The number of amides is 1. The van der Waals surface area contributed by atoms with Crippen LogP contribution in [0.2, 0.25) is 0 Å². The van der Waals surface area contributed by atoms with E-state index in [0.29, 0.717) is 11.2 Å². The van der Waals surface area contributed by atoms with Crippen molar-refractivity contribution >= 4 is 22.5 Å². The first-order chi connectivity index (χ1) is 13.3. The molecule has 2 saturated heterocycles. The maximum Gasteiger partial charge on any atom is 0.250 e. The number of hydrogen-bond donors (Lipinski definition) is 3. The third-order valence-electron chi connectivity index (χ3n) is 6.58. The Bertz CT molecular complexity index is 969. The second kappa shape index (κ2) is 6.60. The second-order valence-corrected chi connectivity index (χ2v) is 8.29. The molecule has 0 saturated carbocycles. The van der Waals surface area contributed by atoms with E-state index in [0.717, 1.165) is 55.7 Å². The number of rotatable bonds is 4. The first kappa shape index (κ1) is 19.0. The first-order valence-electron chi connectivity index (χ1n) is 9.67. The summed E-state index contributed by atoms with van der Waals surface area (Å²) < 4.78 is 15.2. The highest BCUT2D eigenvalue weighted by atomic mass is 19.1. The molecule has 0 radical (unpaired) electrons. The van der Waals surface area contributed by atoms with Gasteiger partial charge in [0.1, 0.15) is 12.0 Å². The number of benzene rings is 1. The van der Waals surface area contributed by atoms with E-state index in [1.165, 1.54) is 6.07 Å². The minimum atomic E-state index is -0.639. The van der Waals surface area contributed by atoms with Crippen molar-refractivity contribution in [2.45, 2.75) is 32.9 Å². The number of hydrogen-bond acceptors (Lipinski definition) is 4. The molecule has 2 fully saturated rings. The Labute approximate surface area is 163 Å². The van der Waals surface area contributed by atoms with Gasteiger partial charge in [-0.25, -0.2) is 4.39 Å². The summed E-state index contributed by atoms with van der Waals surface area (Å²) in [5.41, 5.74) is 8.69. The molecule has 4 rings (SSSR count). The van der Waals surface area contributed by atoms with E-state index in [9.17, 15) is 9.90 Å². The van der Waals surface area contributed by atoms with Gasteiger partial charge in [0.25, 0.3) is 5.91 Å². The van der Waals surface area contributed by atoms with Crippen LogP contribution in [0.3, 0.4) is 0 Å². The molecule has 1 spiro atoms. The van der Waals surface area contributed by atoms with E-state index < -0.39 is 18.0 Å². The monoisotopic (exact) mass is 386 g/mol. The number of nitrogens with two attached hydrogens (primary N) is 1. The van der Waals surface area contributed by atoms with Gasteiger partial charge in [-0.2, -0.15) is 0 Å². The number of aromatic amines is 1. The lowest BCUT2D eigenvalue weighted by atomic mass is 9.86. The number of carbonyl (C=O) groups is 1. The molecule has 7 heteroatoms. The number of primary amides is 1. The summed E-state index contributed by atoms with van der Waals surface area (Å²) in [4.78, 5) is 19.2. The first-order valence-corrected chi connectivity index (χ1v) is 9.67. The maximum absolute atomic E-state index is 15.2. The molecule has 2 aliphatic rings. The Morgan fingerprint density at radius 3 is 2.79 bits per heavy atom. The second-order valence-electron chi connectivity index (χ2n) is 8.29. The predicted molar refractivity (Wildman–Crippen MR) is 108 cm³/mol. The van der Waals surface area contributed by atoms with E-state index in [4.69, 9.17) is 5.73 Å². The van der Waals surface area contributed by atoms with Crippen LogP contribution in [0, 0.1) is 25.1 Å². The summed E-state index contributed by atoms with van der Waals surface area (Å²) in [7, 11) is 0. The lowest BCUT2D eigenvalue weighted by Gasteiger charge is -2.27. The van der Waals surface area contributed by atoms with E-state index in [1.54, 1.807) is 6.08 Å². The van der Waals surface area contributed by atoms with Gasteiger partial charge in [0.2, 0.25) is 0 Å². The largest absolute Gasteiger partial charge is 0.375 e. The van der Waals surface area contributed by atoms with Crippen molar-refractivity contribution in [3.05, 3.63) is 41.4 Å². The van der Waals surface area contributed by atoms with E-state index in [2.05, 4.69) is 16.5 Å². The van der Waals surface area contributed by atoms with Crippen molar-refractivity contribution in [2.75, 3.05) is 31.1 Å². The summed E-state index contributed by atoms with van der Waals surface area (Å²) >= 11 is 0. The molecular weight excluding hydrogens is 359 g/mol. The number of aromatic nitrogens is 1. The third kappa shape index (κ3) is 2.81. The molecule has 1 aromatic carbocycles. The number of carbonyl (C=O) groups excluding carboxylic acids is 1. The lowest BCUT2D eigenvalue weighted by Crippen LogP contribution is -2.35. The number of aryl methyl sites for hydroxylation is 2. The molecule has 0 aliphatic carbocycles. The third-order valence-corrected chi connectivity index (χ3v) is 6.58. The van der Waals surface area contributed by atoms with Crippen molar-refractivity contribution in [3.8, 4) is 0 Å². The molecule has 2 atom stereocenters. The van der Waals surface area contributed by atoms with Gasteiger partial charge in [-0.3, -0.25) is 9.69 Å². The maximum atomic E-state index is 15.2. The van der Waals surface area contributed by atoms with Crippen LogP contribution in [-0.4, -0.2) is 53.3 Å². The van der Waals surface area contributed by atoms with Gasteiger partial charge < -0.3 is 20.7 Å². The number of aliphatic hydroxyl groups excluding tert-OH is 1. The molecule has 150 valence electrons. The van der Waals surface area contributed by atoms with Gasteiger partial charge in [0.05, 0.1) is 16.8 Å². The van der Waals surface area contributed by atoms with Crippen LogP contribution in [0.25, 0.3) is 10.9 Å². The SMILES string of the molecule is C=CC(O)N1CCC2(CCN(c3c(F)cc(C(N)=O)c4[nH]c(C)c(C)c34)C2)C1. The molecule has 1 aromatic heterocycles. The van der Waals surface area contributed by atoms with Crippen LogP contribution >= 0.6 is 0 Å². The number of nitrogens with zero attached hydrogens (tertiary/aromatic N) is 2. The fourth-order valence-electron chi connectivity index (χ4n) is 4.91. The van der Waals surface area contributed by atoms with E-state index in [-0.39, 0.29) is 11.0 Å². The van der Waals surface area contributed by atoms with Crippen molar-refractivity contribution < 1.29 is 14.3 Å². The van der Waals surface area contributed by atoms with Crippen molar-refractivity contribution in [3.63, 3.8) is 0 Å². The van der Waals surface area contributed by atoms with Crippen LogP contribution < -0.4 is 10.6 Å². The zero-order valence-electron chi connectivity index (χ0n) is 16.4. The minimum Gasteiger partial charge on any atom is -0.375 e. The highest BCUT2D eigenvalue weighted by molar-refractivity contribution is 6.10. The number of aliphatic hydroxyl groups is 1. The fourth-order valence-corrected chi connectivity index (χ4v) is 4.91. The molecule has 1 amide bonds. The normalized spacial score (nSPS) is 23.8. The average Bonchev–Trinajstić information content (AvgIpc) is 3.34. The van der Waals surface area contributed by atoms with Gasteiger partial charge in [-0.05, 0) is 44.4 Å². The zero-order chi connectivity index (χ0) is 20.2. The molecule has 6 nitrogen and oxygen atoms in total. The molecule has 2 unspecified atom stereocenters. The van der Waals surface area contributed by atoms with Crippen LogP contribution in [0.4, 0.5) is 10.1 Å². The highest BCUT2D eigenvalue weighted by Gasteiger charge is 2.45. The number of H-pyrrole nitrogens is 1. The van der Waals surface area contributed by atoms with Gasteiger partial charge in [0, 0.05) is 42.7 Å². The quantitative estimate of drug-likeness (QED) is 0.705. The molecule has 2 aromatic rings. The summed E-state index contributed by atoms with van der Waals surface area (Å²) in [5, 5.41) is 10.8. The van der Waals surface area contributed by atoms with Gasteiger partial charge in [0.15, 0.2) is 0 Å². The number of likely N-dealkylation sites (tertiary alicyclic amines) is 1. The highest BCUT2D eigenvalue weighted by Crippen LogP contribution is 2.45. The van der Waals surface area contributed by atoms with Crippen LogP contribution in [-0.2, 0) is 0 Å². The van der Waals surface area contributed by atoms with E-state index >= 15 is 4.39 Å². The summed E-state index contributed by atoms with van der Waals surface area (Å²) in [5.74, 6) is -1.05. The molecule has 3 heterocycles. The molecular formula is C21H27FN4O2. The fraction of sp³-hybridized carbons (Fsp3) is 0.476. The molecule has 2 aliphatic heterocycles.